The van der Waals surface area contributed by atoms with Gasteiger partial charge in [-0.15, -0.1) is 0 Å². The Morgan fingerprint density at radius 1 is 0.792 bits per heavy atom. The molecule has 24 heavy (non-hydrogen) atoms. The van der Waals surface area contributed by atoms with E-state index in [-0.39, 0.29) is 0 Å². The van der Waals surface area contributed by atoms with Crippen LogP contribution in [0, 0.1) is 0 Å². The maximum absolute atomic E-state index is 6.13. The average molecular weight is 364 g/mol. The van der Waals surface area contributed by atoms with Crippen LogP contribution in [0.15, 0.2) is 36.4 Å². The predicted octanol–water partition coefficient (Wildman–Crippen LogP) is 4.47. The van der Waals surface area contributed by atoms with Crippen molar-refractivity contribution < 1.29 is 9.47 Å². The highest BCUT2D eigenvalue weighted by atomic mass is 35.5. The first-order chi connectivity index (χ1) is 11.5. The van der Waals surface area contributed by atoms with E-state index in [0.717, 1.165) is 16.8 Å². The Morgan fingerprint density at radius 2 is 1.38 bits per heavy atom. The molecule has 0 saturated heterocycles. The van der Waals surface area contributed by atoms with E-state index in [1.807, 2.05) is 24.3 Å². The molecular formula is C17H15Cl2N3O2. The van der Waals surface area contributed by atoms with Crippen LogP contribution in [-0.2, 0) is 7.05 Å². The van der Waals surface area contributed by atoms with Crippen LogP contribution in [0.4, 0.5) is 0 Å². The molecule has 1 heterocycles. The lowest BCUT2D eigenvalue weighted by Gasteiger charge is -2.09. The van der Waals surface area contributed by atoms with Crippen LogP contribution in [-0.4, -0.2) is 29.2 Å². The molecule has 0 unspecified atom stereocenters. The zero-order chi connectivity index (χ0) is 17.3. The van der Waals surface area contributed by atoms with Crippen molar-refractivity contribution in [2.45, 2.75) is 0 Å². The van der Waals surface area contributed by atoms with E-state index in [0.29, 0.717) is 27.2 Å². The third-order valence-corrected chi connectivity index (χ3v) is 4.30. The first-order valence-electron chi connectivity index (χ1n) is 7.12. The van der Waals surface area contributed by atoms with E-state index >= 15 is 0 Å². The number of halogens is 2. The summed E-state index contributed by atoms with van der Waals surface area (Å²) < 4.78 is 10.6. The monoisotopic (exact) mass is 363 g/mol. The minimum Gasteiger partial charge on any atom is -0.493 e. The molecule has 2 aromatic carbocycles. The molecule has 3 rings (SSSR count). The topological polar surface area (TPSA) is 49.2 Å². The Morgan fingerprint density at radius 3 is 1.96 bits per heavy atom. The molecule has 5 nitrogen and oxygen atoms in total. The highest BCUT2D eigenvalue weighted by Gasteiger charge is 2.17. The van der Waals surface area contributed by atoms with Gasteiger partial charge < -0.3 is 9.47 Å². The van der Waals surface area contributed by atoms with Crippen molar-refractivity contribution in [3.63, 3.8) is 0 Å². The molecule has 0 fully saturated rings. The van der Waals surface area contributed by atoms with Gasteiger partial charge in [0.1, 0.15) is 11.4 Å². The number of rotatable bonds is 4. The highest BCUT2D eigenvalue weighted by molar-refractivity contribution is 6.42. The number of nitrogens with zero attached hydrogens (tertiary/aromatic N) is 3. The summed E-state index contributed by atoms with van der Waals surface area (Å²) in [5, 5.41) is 9.90. The van der Waals surface area contributed by atoms with Gasteiger partial charge >= 0.3 is 0 Å². The number of methoxy groups -OCH3 is 2. The molecular weight excluding hydrogens is 349 g/mol. The standard InChI is InChI=1S/C17H15Cl2N3O2/c1-22-20-16(10-4-6-12(18)13(19)8-10)17(21-22)11-5-7-14(23-2)15(9-11)24-3/h4-9H,1-3H3. The van der Waals surface area contributed by atoms with Crippen LogP contribution in [0.3, 0.4) is 0 Å². The van der Waals surface area contributed by atoms with Crippen molar-refractivity contribution >= 4 is 23.2 Å². The first kappa shape index (κ1) is 16.6. The van der Waals surface area contributed by atoms with E-state index in [1.165, 1.54) is 4.80 Å². The Hall–Kier alpha value is -2.24. The van der Waals surface area contributed by atoms with Crippen molar-refractivity contribution in [3.05, 3.63) is 46.4 Å². The summed E-state index contributed by atoms with van der Waals surface area (Å²) in [6, 6.07) is 11.0. The van der Waals surface area contributed by atoms with Gasteiger partial charge in [-0.05, 0) is 30.3 Å². The number of hydrogen-bond acceptors (Lipinski definition) is 4. The Bertz CT molecular complexity index is 894. The Kier molecular flexibility index (Phi) is 4.64. The summed E-state index contributed by atoms with van der Waals surface area (Å²) in [5.41, 5.74) is 3.13. The summed E-state index contributed by atoms with van der Waals surface area (Å²) in [5.74, 6) is 1.28. The van der Waals surface area contributed by atoms with Crippen LogP contribution in [0.2, 0.25) is 10.0 Å². The van der Waals surface area contributed by atoms with E-state index in [4.69, 9.17) is 32.7 Å². The zero-order valence-corrected chi connectivity index (χ0v) is 14.9. The second-order valence-electron chi connectivity index (χ2n) is 5.09. The fourth-order valence-electron chi connectivity index (χ4n) is 2.42. The molecule has 124 valence electrons. The lowest BCUT2D eigenvalue weighted by atomic mass is 10.0. The number of aryl methyl sites for hydroxylation is 1. The van der Waals surface area contributed by atoms with Crippen LogP contribution in [0.25, 0.3) is 22.5 Å². The van der Waals surface area contributed by atoms with Gasteiger partial charge in [-0.1, -0.05) is 29.3 Å². The first-order valence-corrected chi connectivity index (χ1v) is 7.88. The average Bonchev–Trinajstić information content (AvgIpc) is 2.98. The molecule has 0 aliphatic rings. The van der Waals surface area contributed by atoms with Gasteiger partial charge in [-0.25, -0.2) is 0 Å². The van der Waals surface area contributed by atoms with Crippen molar-refractivity contribution in [2.24, 2.45) is 7.05 Å². The van der Waals surface area contributed by atoms with Gasteiger partial charge in [0, 0.05) is 18.2 Å². The summed E-state index contributed by atoms with van der Waals surface area (Å²) in [7, 11) is 4.96. The SMILES string of the molecule is COc1ccc(-c2nn(C)nc2-c2ccc(Cl)c(Cl)c2)cc1OC. The molecule has 0 spiro atoms. The summed E-state index contributed by atoms with van der Waals surface area (Å²) in [6.07, 6.45) is 0. The number of benzene rings is 2. The molecule has 0 aliphatic heterocycles. The van der Waals surface area contributed by atoms with Crippen molar-refractivity contribution in [3.8, 4) is 34.0 Å². The molecule has 0 N–H and O–H groups in total. The number of aromatic nitrogens is 3. The third-order valence-electron chi connectivity index (χ3n) is 3.56. The van der Waals surface area contributed by atoms with Gasteiger partial charge in [0.05, 0.1) is 24.3 Å². The van der Waals surface area contributed by atoms with Crippen LogP contribution in [0.1, 0.15) is 0 Å². The number of ether oxygens (including phenoxy) is 2. The molecule has 0 amide bonds. The second kappa shape index (κ2) is 6.71. The highest BCUT2D eigenvalue weighted by Crippen LogP contribution is 2.36. The molecule has 0 saturated carbocycles. The second-order valence-corrected chi connectivity index (χ2v) is 5.90. The quantitative estimate of drug-likeness (QED) is 0.685. The largest absolute Gasteiger partial charge is 0.493 e. The summed E-state index contributed by atoms with van der Waals surface area (Å²) in [4.78, 5) is 1.52. The van der Waals surface area contributed by atoms with Crippen LogP contribution >= 0.6 is 23.2 Å². The van der Waals surface area contributed by atoms with E-state index in [1.54, 1.807) is 33.4 Å². The van der Waals surface area contributed by atoms with Crippen LogP contribution in [0.5, 0.6) is 11.5 Å². The van der Waals surface area contributed by atoms with Gasteiger partial charge in [-0.3, -0.25) is 0 Å². The fourth-order valence-corrected chi connectivity index (χ4v) is 2.72. The predicted molar refractivity (Wildman–Crippen MR) is 95.0 cm³/mol. The smallest absolute Gasteiger partial charge is 0.161 e. The van der Waals surface area contributed by atoms with E-state index < -0.39 is 0 Å². The Labute approximate surface area is 149 Å². The maximum Gasteiger partial charge on any atom is 0.161 e. The fraction of sp³-hybridized carbons (Fsp3) is 0.176. The summed E-state index contributed by atoms with van der Waals surface area (Å²) in [6.45, 7) is 0. The molecule has 3 aromatic rings. The molecule has 1 aromatic heterocycles. The van der Waals surface area contributed by atoms with Crippen molar-refractivity contribution in [2.75, 3.05) is 14.2 Å². The van der Waals surface area contributed by atoms with Crippen molar-refractivity contribution in [1.29, 1.82) is 0 Å². The lowest BCUT2D eigenvalue weighted by molar-refractivity contribution is 0.355. The van der Waals surface area contributed by atoms with Gasteiger partial charge in [0.2, 0.25) is 0 Å². The van der Waals surface area contributed by atoms with E-state index in [9.17, 15) is 0 Å². The Balaban J connectivity index is 2.14. The lowest BCUT2D eigenvalue weighted by Crippen LogP contribution is -1.93. The molecule has 0 aliphatic carbocycles. The van der Waals surface area contributed by atoms with Gasteiger partial charge in [-0.2, -0.15) is 15.0 Å². The number of hydrogen-bond donors (Lipinski definition) is 0. The van der Waals surface area contributed by atoms with E-state index in [2.05, 4.69) is 10.2 Å². The normalized spacial score (nSPS) is 10.7. The minimum atomic E-state index is 0.470. The van der Waals surface area contributed by atoms with Gasteiger partial charge in [0.25, 0.3) is 0 Å². The third kappa shape index (κ3) is 3.05. The minimum absolute atomic E-state index is 0.470. The van der Waals surface area contributed by atoms with Gasteiger partial charge in [0.15, 0.2) is 11.5 Å². The molecule has 0 atom stereocenters. The van der Waals surface area contributed by atoms with Crippen molar-refractivity contribution in [1.82, 2.24) is 15.0 Å². The maximum atomic E-state index is 6.13. The molecule has 7 heteroatoms. The molecule has 0 radical (unpaired) electrons. The zero-order valence-electron chi connectivity index (χ0n) is 13.4. The van der Waals surface area contributed by atoms with Crippen LogP contribution < -0.4 is 9.47 Å². The summed E-state index contributed by atoms with van der Waals surface area (Å²) >= 11 is 12.1. The molecule has 0 bridgehead atoms.